The van der Waals surface area contributed by atoms with E-state index < -0.39 is 0 Å². The second-order valence-corrected chi connectivity index (χ2v) is 2.28. The fourth-order valence-electron chi connectivity index (χ4n) is 0.507. The summed E-state index contributed by atoms with van der Waals surface area (Å²) in [6.45, 7) is 4.08. The van der Waals surface area contributed by atoms with Crippen LogP contribution in [-0.2, 0) is 14.3 Å². The molecule has 60 valence electrons. The maximum Gasteiger partial charge on any atom is 0.308 e. The first kappa shape index (κ1) is 9.43. The third-order valence-electron chi connectivity index (χ3n) is 0.877. The summed E-state index contributed by atoms with van der Waals surface area (Å²) in [5, 5.41) is 0. The number of hydrogen-bond donors (Lipinski definition) is 0. The van der Waals surface area contributed by atoms with Crippen molar-refractivity contribution in [2.75, 3.05) is 13.7 Å². The highest BCUT2D eigenvalue weighted by molar-refractivity contribution is 5.69. The van der Waals surface area contributed by atoms with Gasteiger partial charge in [0.2, 0.25) is 0 Å². The molecule has 0 spiro atoms. The van der Waals surface area contributed by atoms with E-state index in [9.17, 15) is 4.79 Å². The van der Waals surface area contributed by atoms with E-state index in [4.69, 9.17) is 9.47 Å². The minimum Gasteiger partial charge on any atom is -0.463 e. The summed E-state index contributed by atoms with van der Waals surface area (Å²) in [4.78, 5) is 10.7. The molecule has 0 atom stereocenters. The lowest BCUT2D eigenvalue weighted by Gasteiger charge is -2.06. The molecule has 0 heterocycles. The monoisotopic (exact) mass is 146 g/mol. The van der Waals surface area contributed by atoms with Gasteiger partial charge in [0.1, 0.15) is 0 Å². The molecule has 0 N–H and O–H groups in total. The highest BCUT2D eigenvalue weighted by Gasteiger charge is 2.03. The van der Waals surface area contributed by atoms with E-state index in [2.05, 4.69) is 0 Å². The van der Waals surface area contributed by atoms with Gasteiger partial charge in [0.25, 0.3) is 0 Å². The molecular formula is C7H14O3. The first-order chi connectivity index (χ1) is 4.66. The first-order valence-electron chi connectivity index (χ1n) is 3.35. The van der Waals surface area contributed by atoms with Gasteiger partial charge in [0, 0.05) is 7.11 Å². The van der Waals surface area contributed by atoms with Crippen molar-refractivity contribution in [2.45, 2.75) is 26.4 Å². The molecule has 0 rings (SSSR count). The Morgan fingerprint density at radius 3 is 2.50 bits per heavy atom. The molecule has 10 heavy (non-hydrogen) atoms. The topological polar surface area (TPSA) is 35.5 Å². The lowest BCUT2D eigenvalue weighted by molar-refractivity contribution is -0.148. The average Bonchev–Trinajstić information content (AvgIpc) is 1.82. The molecule has 3 heteroatoms. The smallest absolute Gasteiger partial charge is 0.308 e. The molecule has 0 amide bonds. The number of hydrogen-bond acceptors (Lipinski definition) is 3. The minimum absolute atomic E-state index is 0.0237. The van der Waals surface area contributed by atoms with Crippen LogP contribution in [0.15, 0.2) is 0 Å². The van der Waals surface area contributed by atoms with Crippen LogP contribution < -0.4 is 0 Å². The summed E-state index contributed by atoms with van der Waals surface area (Å²) >= 11 is 0. The number of carbonyl (C=O) groups excluding carboxylic acids is 1. The average molecular weight is 146 g/mol. The van der Waals surface area contributed by atoms with Crippen LogP contribution in [-0.4, -0.2) is 25.8 Å². The molecule has 0 aliphatic rings. The zero-order chi connectivity index (χ0) is 7.98. The summed E-state index contributed by atoms with van der Waals surface area (Å²) in [6, 6.07) is 0. The van der Waals surface area contributed by atoms with Gasteiger partial charge >= 0.3 is 5.97 Å². The minimum atomic E-state index is -0.197. The van der Waals surface area contributed by atoms with Crippen LogP contribution >= 0.6 is 0 Å². The van der Waals surface area contributed by atoms with Gasteiger partial charge in [-0.25, -0.2) is 0 Å². The van der Waals surface area contributed by atoms with Gasteiger partial charge in [-0.3, -0.25) is 4.79 Å². The van der Waals surface area contributed by atoms with Crippen molar-refractivity contribution >= 4 is 5.97 Å². The lowest BCUT2D eigenvalue weighted by atomic mass is 10.4. The van der Waals surface area contributed by atoms with Crippen LogP contribution in [0.3, 0.4) is 0 Å². The Morgan fingerprint density at radius 1 is 1.50 bits per heavy atom. The van der Waals surface area contributed by atoms with Crippen LogP contribution in [0, 0.1) is 0 Å². The standard InChI is InChI=1S/C7H14O3/c1-6(2)10-7(8)4-5-9-3/h6H,4-5H2,1-3H3. The van der Waals surface area contributed by atoms with Crippen molar-refractivity contribution in [2.24, 2.45) is 0 Å². The summed E-state index contributed by atoms with van der Waals surface area (Å²) < 4.78 is 9.53. The van der Waals surface area contributed by atoms with Crippen molar-refractivity contribution in [3.05, 3.63) is 0 Å². The predicted octanol–water partition coefficient (Wildman–Crippen LogP) is 0.974. The molecule has 0 unspecified atom stereocenters. The van der Waals surface area contributed by atoms with Gasteiger partial charge in [-0.05, 0) is 13.8 Å². The fourth-order valence-corrected chi connectivity index (χ4v) is 0.507. The first-order valence-corrected chi connectivity index (χ1v) is 3.35. The highest BCUT2D eigenvalue weighted by atomic mass is 16.5. The van der Waals surface area contributed by atoms with Crippen LogP contribution in [0.1, 0.15) is 20.3 Å². The number of carbonyl (C=O) groups is 1. The van der Waals surface area contributed by atoms with Crippen molar-refractivity contribution in [3.8, 4) is 0 Å². The Kier molecular flexibility index (Phi) is 4.94. The molecule has 0 bridgehead atoms. The molecule has 0 fully saturated rings. The fraction of sp³-hybridized carbons (Fsp3) is 0.857. The van der Waals surface area contributed by atoms with Crippen molar-refractivity contribution < 1.29 is 14.3 Å². The van der Waals surface area contributed by atoms with E-state index in [1.807, 2.05) is 13.8 Å². The van der Waals surface area contributed by atoms with Gasteiger partial charge in [0.15, 0.2) is 0 Å². The largest absolute Gasteiger partial charge is 0.463 e. The van der Waals surface area contributed by atoms with E-state index in [-0.39, 0.29) is 12.1 Å². The third kappa shape index (κ3) is 5.56. The van der Waals surface area contributed by atoms with Gasteiger partial charge in [0.05, 0.1) is 19.1 Å². The van der Waals surface area contributed by atoms with E-state index in [1.165, 1.54) is 0 Å². The summed E-state index contributed by atoms with van der Waals surface area (Å²) in [6.07, 6.45) is 0.318. The van der Waals surface area contributed by atoms with Crippen LogP contribution in [0.4, 0.5) is 0 Å². The Labute approximate surface area is 61.3 Å². The second kappa shape index (κ2) is 5.23. The van der Waals surface area contributed by atoms with Gasteiger partial charge < -0.3 is 9.47 Å². The summed E-state index contributed by atoms with van der Waals surface area (Å²) in [5.74, 6) is -0.197. The molecule has 3 nitrogen and oxygen atoms in total. The maximum atomic E-state index is 10.7. The quantitative estimate of drug-likeness (QED) is 0.554. The summed E-state index contributed by atoms with van der Waals surface area (Å²) in [5.41, 5.74) is 0. The molecule has 0 aromatic rings. The van der Waals surface area contributed by atoms with E-state index >= 15 is 0 Å². The van der Waals surface area contributed by atoms with Crippen molar-refractivity contribution in [1.82, 2.24) is 0 Å². The zero-order valence-electron chi connectivity index (χ0n) is 6.72. The highest BCUT2D eigenvalue weighted by Crippen LogP contribution is 1.92. The number of rotatable bonds is 4. The maximum absolute atomic E-state index is 10.7. The molecule has 0 aliphatic carbocycles. The predicted molar refractivity (Wildman–Crippen MR) is 37.7 cm³/mol. The Bertz CT molecular complexity index is 99.0. The van der Waals surface area contributed by atoms with Crippen molar-refractivity contribution in [3.63, 3.8) is 0 Å². The SMILES string of the molecule is COCCC(=O)OC(C)C. The normalized spacial score (nSPS) is 10.0. The molecule has 0 radical (unpaired) electrons. The lowest BCUT2D eigenvalue weighted by Crippen LogP contribution is -2.12. The van der Waals surface area contributed by atoms with E-state index in [1.54, 1.807) is 7.11 Å². The van der Waals surface area contributed by atoms with Crippen LogP contribution in [0.5, 0.6) is 0 Å². The van der Waals surface area contributed by atoms with Gasteiger partial charge in [-0.1, -0.05) is 0 Å². The molecule has 0 saturated heterocycles. The molecule has 0 aromatic heterocycles. The second-order valence-electron chi connectivity index (χ2n) is 2.28. The van der Waals surface area contributed by atoms with Crippen molar-refractivity contribution in [1.29, 1.82) is 0 Å². The Balaban J connectivity index is 3.26. The zero-order valence-corrected chi connectivity index (χ0v) is 6.72. The molecular weight excluding hydrogens is 132 g/mol. The van der Waals surface area contributed by atoms with Gasteiger partial charge in [-0.2, -0.15) is 0 Å². The molecule has 0 aromatic carbocycles. The van der Waals surface area contributed by atoms with E-state index in [0.717, 1.165) is 0 Å². The van der Waals surface area contributed by atoms with E-state index in [0.29, 0.717) is 13.0 Å². The Hall–Kier alpha value is -0.570. The molecule has 0 aliphatic heterocycles. The number of methoxy groups -OCH3 is 1. The van der Waals surface area contributed by atoms with Crippen LogP contribution in [0.25, 0.3) is 0 Å². The number of ether oxygens (including phenoxy) is 2. The summed E-state index contributed by atoms with van der Waals surface area (Å²) in [7, 11) is 1.56. The third-order valence-corrected chi connectivity index (χ3v) is 0.877. The van der Waals surface area contributed by atoms with Gasteiger partial charge in [-0.15, -0.1) is 0 Å². The number of esters is 1. The Morgan fingerprint density at radius 2 is 2.10 bits per heavy atom. The van der Waals surface area contributed by atoms with Crippen LogP contribution in [0.2, 0.25) is 0 Å². The molecule has 0 saturated carbocycles.